The van der Waals surface area contributed by atoms with Gasteiger partial charge in [-0.15, -0.1) is 0 Å². The molecule has 0 heterocycles. The van der Waals surface area contributed by atoms with Gasteiger partial charge in [0.15, 0.2) is 0 Å². The summed E-state index contributed by atoms with van der Waals surface area (Å²) >= 11 is 0. The molecule has 9 nitrogen and oxygen atoms in total. The number of azide groups is 1. The van der Waals surface area contributed by atoms with Crippen LogP contribution in [0.5, 0.6) is 0 Å². The van der Waals surface area contributed by atoms with E-state index >= 15 is 0 Å². The number of hydrogen-bond donors (Lipinski definition) is 0. The molecule has 21 heavy (non-hydrogen) atoms. The second-order valence-electron chi connectivity index (χ2n) is 3.95. The maximum atomic E-state index is 10.8. The summed E-state index contributed by atoms with van der Waals surface area (Å²) in [5, 5.41) is 24.9. The van der Waals surface area contributed by atoms with Crippen molar-refractivity contribution in [3.63, 3.8) is 0 Å². The normalized spacial score (nSPS) is 9.71. The van der Waals surface area contributed by atoms with E-state index in [4.69, 9.17) is 5.53 Å². The number of nitro benzene ring substituents is 2. The van der Waals surface area contributed by atoms with Crippen molar-refractivity contribution in [2.24, 2.45) is 5.11 Å². The first kappa shape index (κ1) is 14.0. The van der Waals surface area contributed by atoms with Crippen LogP contribution in [-0.2, 0) is 0 Å². The van der Waals surface area contributed by atoms with Crippen molar-refractivity contribution in [1.29, 1.82) is 0 Å². The summed E-state index contributed by atoms with van der Waals surface area (Å²) in [7, 11) is 0. The summed E-state index contributed by atoms with van der Waals surface area (Å²) in [6.45, 7) is 0. The number of hydrogen-bond acceptors (Lipinski definition) is 5. The van der Waals surface area contributed by atoms with Gasteiger partial charge in [-0.3, -0.25) is 20.2 Å². The molecular formula is C12H7N5O4. The highest BCUT2D eigenvalue weighted by molar-refractivity contribution is 5.78. The molecule has 0 aliphatic heterocycles. The van der Waals surface area contributed by atoms with Crippen LogP contribution in [0.2, 0.25) is 0 Å². The summed E-state index contributed by atoms with van der Waals surface area (Å²) in [5.41, 5.74) is 9.27. The number of nitrogens with zero attached hydrogens (tertiary/aromatic N) is 5. The van der Waals surface area contributed by atoms with Gasteiger partial charge in [0.2, 0.25) is 0 Å². The highest BCUT2D eigenvalue weighted by Crippen LogP contribution is 2.34. The van der Waals surface area contributed by atoms with E-state index in [-0.39, 0.29) is 17.1 Å². The van der Waals surface area contributed by atoms with E-state index in [0.717, 1.165) is 0 Å². The lowest BCUT2D eigenvalue weighted by molar-refractivity contribution is -0.384. The molecule has 0 aromatic heterocycles. The molecule has 2 rings (SSSR count). The molecule has 0 aliphatic carbocycles. The molecule has 0 saturated carbocycles. The van der Waals surface area contributed by atoms with Gasteiger partial charge in [0.1, 0.15) is 0 Å². The summed E-state index contributed by atoms with van der Waals surface area (Å²) in [4.78, 5) is 23.0. The lowest BCUT2D eigenvalue weighted by Gasteiger charge is -2.05. The van der Waals surface area contributed by atoms with Crippen LogP contribution < -0.4 is 0 Å². The molecule has 0 unspecified atom stereocenters. The van der Waals surface area contributed by atoms with E-state index in [0.29, 0.717) is 11.1 Å². The van der Waals surface area contributed by atoms with Crippen LogP contribution in [-0.4, -0.2) is 9.85 Å². The predicted molar refractivity (Wildman–Crippen MR) is 74.0 cm³/mol. The lowest BCUT2D eigenvalue weighted by Crippen LogP contribution is -1.90. The Bertz CT molecular complexity index is 766. The third-order valence-electron chi connectivity index (χ3n) is 2.73. The van der Waals surface area contributed by atoms with Gasteiger partial charge in [-0.25, -0.2) is 0 Å². The summed E-state index contributed by atoms with van der Waals surface area (Å²) in [6, 6.07) is 9.22. The highest BCUT2D eigenvalue weighted by Gasteiger charge is 2.13. The van der Waals surface area contributed by atoms with E-state index in [9.17, 15) is 20.2 Å². The molecule has 0 saturated heterocycles. The first-order valence-electron chi connectivity index (χ1n) is 5.61. The second kappa shape index (κ2) is 5.68. The Hall–Kier alpha value is -3.45. The molecule has 104 valence electrons. The van der Waals surface area contributed by atoms with Crippen LogP contribution >= 0.6 is 0 Å². The zero-order valence-electron chi connectivity index (χ0n) is 10.4. The molecule has 0 bridgehead atoms. The van der Waals surface area contributed by atoms with Crippen LogP contribution in [0.4, 0.5) is 17.1 Å². The van der Waals surface area contributed by atoms with E-state index in [2.05, 4.69) is 10.0 Å². The maximum Gasteiger partial charge on any atom is 0.270 e. The molecular weight excluding hydrogens is 278 g/mol. The SMILES string of the molecule is [N-]=[N+]=Nc1ccc([N+](=O)[O-])cc1-c1ccc([N+](=O)[O-])cc1. The second-order valence-corrected chi connectivity index (χ2v) is 3.95. The molecule has 0 spiro atoms. The minimum absolute atomic E-state index is 0.102. The maximum absolute atomic E-state index is 10.8. The lowest BCUT2D eigenvalue weighted by atomic mass is 10.0. The molecule has 2 aromatic rings. The molecule has 0 aliphatic rings. The van der Waals surface area contributed by atoms with Crippen LogP contribution in [0.1, 0.15) is 0 Å². The van der Waals surface area contributed by atoms with E-state index in [1.807, 2.05) is 0 Å². The quantitative estimate of drug-likeness (QED) is 0.274. The third-order valence-corrected chi connectivity index (χ3v) is 2.73. The molecule has 9 heteroatoms. The minimum atomic E-state index is -0.575. The van der Waals surface area contributed by atoms with E-state index in [1.54, 1.807) is 0 Å². The van der Waals surface area contributed by atoms with Gasteiger partial charge >= 0.3 is 0 Å². The Morgan fingerprint density at radius 3 is 2.05 bits per heavy atom. The van der Waals surface area contributed by atoms with Crippen LogP contribution in [0, 0.1) is 20.2 Å². The zero-order chi connectivity index (χ0) is 15.4. The molecule has 0 radical (unpaired) electrons. The first-order valence-corrected chi connectivity index (χ1v) is 5.61. The fraction of sp³-hybridized carbons (Fsp3) is 0. The van der Waals surface area contributed by atoms with Crippen molar-refractivity contribution in [3.8, 4) is 11.1 Å². The Labute approximate surface area is 117 Å². The van der Waals surface area contributed by atoms with Crippen molar-refractivity contribution >= 4 is 17.1 Å². The van der Waals surface area contributed by atoms with Gasteiger partial charge in [0.25, 0.3) is 11.4 Å². The zero-order valence-corrected chi connectivity index (χ0v) is 10.4. The van der Waals surface area contributed by atoms with Gasteiger partial charge in [0.05, 0.1) is 9.85 Å². The number of nitro groups is 2. The molecule has 2 aromatic carbocycles. The first-order chi connectivity index (χ1) is 10.0. The average molecular weight is 285 g/mol. The standard InChI is InChI=1S/C12H7N5O4/c13-15-14-12-6-5-10(17(20)21)7-11(12)8-1-3-9(4-2-8)16(18)19/h1-7H. The smallest absolute Gasteiger partial charge is 0.258 e. The van der Waals surface area contributed by atoms with Crippen LogP contribution in [0.15, 0.2) is 47.6 Å². The summed E-state index contributed by atoms with van der Waals surface area (Å²) in [5.74, 6) is 0. The third kappa shape index (κ3) is 2.94. The van der Waals surface area contributed by atoms with E-state index < -0.39 is 9.85 Å². The van der Waals surface area contributed by atoms with Crippen molar-refractivity contribution in [1.82, 2.24) is 0 Å². The number of rotatable bonds is 4. The highest BCUT2D eigenvalue weighted by atomic mass is 16.6. The van der Waals surface area contributed by atoms with Gasteiger partial charge < -0.3 is 0 Å². The van der Waals surface area contributed by atoms with Gasteiger partial charge in [-0.2, -0.15) is 0 Å². The van der Waals surface area contributed by atoms with Crippen LogP contribution in [0.3, 0.4) is 0 Å². The predicted octanol–water partition coefficient (Wildman–Crippen LogP) is 4.11. The van der Waals surface area contributed by atoms with Crippen LogP contribution in [0.25, 0.3) is 21.6 Å². The van der Waals surface area contributed by atoms with Gasteiger partial charge in [-0.05, 0) is 34.9 Å². The summed E-state index contributed by atoms with van der Waals surface area (Å²) in [6.07, 6.45) is 0. The number of non-ortho nitro benzene ring substituents is 2. The number of benzene rings is 2. The van der Waals surface area contributed by atoms with E-state index in [1.165, 1.54) is 42.5 Å². The van der Waals surface area contributed by atoms with Crippen molar-refractivity contribution in [2.45, 2.75) is 0 Å². The monoisotopic (exact) mass is 285 g/mol. The van der Waals surface area contributed by atoms with Gasteiger partial charge in [-0.1, -0.05) is 5.11 Å². The molecule has 0 atom stereocenters. The Morgan fingerprint density at radius 1 is 0.952 bits per heavy atom. The molecule has 0 N–H and O–H groups in total. The minimum Gasteiger partial charge on any atom is -0.258 e. The van der Waals surface area contributed by atoms with Gasteiger partial charge in [0, 0.05) is 34.9 Å². The Balaban J connectivity index is 2.59. The fourth-order valence-corrected chi connectivity index (χ4v) is 1.77. The molecule has 0 amide bonds. The topological polar surface area (TPSA) is 135 Å². The van der Waals surface area contributed by atoms with Crippen molar-refractivity contribution in [2.75, 3.05) is 0 Å². The van der Waals surface area contributed by atoms with Crippen molar-refractivity contribution in [3.05, 3.63) is 73.1 Å². The largest absolute Gasteiger partial charge is 0.270 e. The van der Waals surface area contributed by atoms with Crippen molar-refractivity contribution < 1.29 is 9.85 Å². The fourth-order valence-electron chi connectivity index (χ4n) is 1.77. The molecule has 0 fully saturated rings. The summed E-state index contributed by atoms with van der Waals surface area (Å²) < 4.78 is 0. The average Bonchev–Trinajstić information content (AvgIpc) is 2.48. The Kier molecular flexibility index (Phi) is 3.78. The Morgan fingerprint density at radius 2 is 1.52 bits per heavy atom.